The van der Waals surface area contributed by atoms with E-state index in [4.69, 9.17) is 11.6 Å². The average molecular weight is 295 g/mol. The first-order valence-corrected chi connectivity index (χ1v) is 6.04. The van der Waals surface area contributed by atoms with Crippen molar-refractivity contribution in [3.63, 3.8) is 0 Å². The van der Waals surface area contributed by atoms with E-state index in [0.29, 0.717) is 11.4 Å². The van der Waals surface area contributed by atoms with Crippen LogP contribution in [-0.2, 0) is 4.79 Å². The maximum absolute atomic E-state index is 11.9. The van der Waals surface area contributed by atoms with Crippen LogP contribution in [0.3, 0.4) is 0 Å². The highest BCUT2D eigenvalue weighted by atomic mass is 35.5. The Labute approximate surface area is 119 Å². The molecule has 0 saturated carbocycles. The SMILES string of the molecule is Cc1nc(C(=O)N[C@@H](C(=O)O)c2ccccc2Cl)n[nH]1. The molecule has 0 unspecified atom stereocenters. The fourth-order valence-corrected chi connectivity index (χ4v) is 1.87. The number of carboxylic acid groups (broad SMARTS) is 1. The largest absolute Gasteiger partial charge is 0.479 e. The van der Waals surface area contributed by atoms with Crippen molar-refractivity contribution in [2.45, 2.75) is 13.0 Å². The Morgan fingerprint density at radius 1 is 1.40 bits per heavy atom. The lowest BCUT2D eigenvalue weighted by Crippen LogP contribution is -2.34. The monoisotopic (exact) mass is 294 g/mol. The van der Waals surface area contributed by atoms with E-state index in [1.54, 1.807) is 25.1 Å². The van der Waals surface area contributed by atoms with E-state index in [0.717, 1.165) is 0 Å². The Morgan fingerprint density at radius 3 is 2.65 bits per heavy atom. The number of aryl methyl sites for hydroxylation is 1. The number of H-pyrrole nitrogens is 1. The lowest BCUT2D eigenvalue weighted by molar-refractivity contribution is -0.139. The predicted molar refractivity (Wildman–Crippen MR) is 70.4 cm³/mol. The third-order valence-electron chi connectivity index (χ3n) is 2.54. The Kier molecular flexibility index (Phi) is 3.99. The molecule has 1 aromatic heterocycles. The second-order valence-corrected chi connectivity index (χ2v) is 4.42. The molecule has 0 aliphatic heterocycles. The Hall–Kier alpha value is -2.41. The highest BCUT2D eigenvalue weighted by Gasteiger charge is 2.26. The minimum Gasteiger partial charge on any atom is -0.479 e. The molecule has 0 saturated heterocycles. The highest BCUT2D eigenvalue weighted by molar-refractivity contribution is 6.31. The van der Waals surface area contributed by atoms with Crippen molar-refractivity contribution < 1.29 is 14.7 Å². The van der Waals surface area contributed by atoms with E-state index in [9.17, 15) is 14.7 Å². The summed E-state index contributed by atoms with van der Waals surface area (Å²) in [5, 5.41) is 18.0. The first kappa shape index (κ1) is 14.0. The molecule has 20 heavy (non-hydrogen) atoms. The number of aliphatic carboxylic acids is 1. The molecular weight excluding hydrogens is 284 g/mol. The van der Waals surface area contributed by atoms with Gasteiger partial charge in [-0.2, -0.15) is 0 Å². The van der Waals surface area contributed by atoms with Crippen LogP contribution in [-0.4, -0.2) is 32.2 Å². The van der Waals surface area contributed by atoms with Crippen LogP contribution < -0.4 is 5.32 Å². The summed E-state index contributed by atoms with van der Waals surface area (Å²) in [6.45, 7) is 1.63. The third kappa shape index (κ3) is 2.94. The van der Waals surface area contributed by atoms with Crippen LogP contribution in [0.5, 0.6) is 0 Å². The summed E-state index contributed by atoms with van der Waals surface area (Å²) >= 11 is 5.94. The van der Waals surface area contributed by atoms with Gasteiger partial charge in [0.1, 0.15) is 5.82 Å². The van der Waals surface area contributed by atoms with Crippen LogP contribution >= 0.6 is 11.6 Å². The van der Waals surface area contributed by atoms with Crippen molar-refractivity contribution in [1.82, 2.24) is 20.5 Å². The van der Waals surface area contributed by atoms with Crippen molar-refractivity contribution >= 4 is 23.5 Å². The first-order chi connectivity index (χ1) is 9.49. The number of aromatic nitrogens is 3. The molecule has 0 spiro atoms. The van der Waals surface area contributed by atoms with Gasteiger partial charge in [-0.05, 0) is 13.0 Å². The minimum absolute atomic E-state index is 0.124. The van der Waals surface area contributed by atoms with Crippen molar-refractivity contribution in [2.24, 2.45) is 0 Å². The summed E-state index contributed by atoms with van der Waals surface area (Å²) in [5.41, 5.74) is 0.294. The molecule has 0 aliphatic rings. The van der Waals surface area contributed by atoms with Crippen molar-refractivity contribution in [3.8, 4) is 0 Å². The minimum atomic E-state index is -1.27. The zero-order chi connectivity index (χ0) is 14.7. The molecule has 104 valence electrons. The van der Waals surface area contributed by atoms with Gasteiger partial charge < -0.3 is 10.4 Å². The van der Waals surface area contributed by atoms with Crippen molar-refractivity contribution in [3.05, 3.63) is 46.5 Å². The number of benzene rings is 1. The van der Waals surface area contributed by atoms with Crippen molar-refractivity contribution in [2.75, 3.05) is 0 Å². The summed E-state index contributed by atoms with van der Waals surface area (Å²) in [6.07, 6.45) is 0. The molecule has 0 fully saturated rings. The number of nitrogens with zero attached hydrogens (tertiary/aromatic N) is 2. The van der Waals surface area contributed by atoms with Crippen LogP contribution in [0.25, 0.3) is 0 Å². The molecule has 0 bridgehead atoms. The van der Waals surface area contributed by atoms with Gasteiger partial charge in [-0.15, -0.1) is 5.10 Å². The van der Waals surface area contributed by atoms with Crippen LogP contribution in [0.4, 0.5) is 0 Å². The number of nitrogens with one attached hydrogen (secondary N) is 2. The molecule has 7 nitrogen and oxygen atoms in total. The number of carboxylic acids is 1. The standard InChI is InChI=1S/C12H11ClN4O3/c1-6-14-10(17-16-6)11(18)15-9(12(19)20)7-4-2-3-5-8(7)13/h2-5,9H,1H3,(H,15,18)(H,19,20)(H,14,16,17)/t9-/m1/s1. The summed E-state index contributed by atoms with van der Waals surface area (Å²) in [4.78, 5) is 27.0. The van der Waals surface area contributed by atoms with Gasteiger partial charge in [-0.25, -0.2) is 9.78 Å². The fraction of sp³-hybridized carbons (Fsp3) is 0.167. The number of hydrogen-bond acceptors (Lipinski definition) is 4. The Morgan fingerprint density at radius 2 is 2.10 bits per heavy atom. The lowest BCUT2D eigenvalue weighted by atomic mass is 10.1. The van der Waals surface area contributed by atoms with Gasteiger partial charge in [0.15, 0.2) is 6.04 Å². The predicted octanol–water partition coefficient (Wildman–Crippen LogP) is 1.32. The second kappa shape index (κ2) is 5.70. The number of halogens is 1. The van der Waals surface area contributed by atoms with Gasteiger partial charge in [0.05, 0.1) is 0 Å². The van der Waals surface area contributed by atoms with Gasteiger partial charge in [0, 0.05) is 10.6 Å². The maximum atomic E-state index is 11.9. The average Bonchev–Trinajstić information content (AvgIpc) is 2.83. The Bertz CT molecular complexity index is 656. The zero-order valence-electron chi connectivity index (χ0n) is 10.4. The number of carbonyl (C=O) groups is 2. The highest BCUT2D eigenvalue weighted by Crippen LogP contribution is 2.23. The summed E-state index contributed by atoms with van der Waals surface area (Å²) in [5.74, 6) is -1.58. The normalized spacial score (nSPS) is 11.9. The van der Waals surface area contributed by atoms with Crippen LogP contribution in [0.1, 0.15) is 28.0 Å². The molecule has 3 N–H and O–H groups in total. The van der Waals surface area contributed by atoms with Crippen LogP contribution in [0.2, 0.25) is 5.02 Å². The van der Waals surface area contributed by atoms with E-state index in [-0.39, 0.29) is 10.8 Å². The van der Waals surface area contributed by atoms with E-state index in [2.05, 4.69) is 20.5 Å². The van der Waals surface area contributed by atoms with Gasteiger partial charge >= 0.3 is 5.97 Å². The third-order valence-corrected chi connectivity index (χ3v) is 2.88. The number of hydrogen-bond donors (Lipinski definition) is 3. The van der Waals surface area contributed by atoms with Crippen LogP contribution in [0, 0.1) is 6.92 Å². The zero-order valence-corrected chi connectivity index (χ0v) is 11.2. The lowest BCUT2D eigenvalue weighted by Gasteiger charge is -2.15. The summed E-state index contributed by atoms with van der Waals surface area (Å²) < 4.78 is 0. The molecule has 1 amide bonds. The summed E-state index contributed by atoms with van der Waals surface area (Å²) in [6, 6.07) is 5.13. The fourth-order valence-electron chi connectivity index (χ4n) is 1.62. The first-order valence-electron chi connectivity index (χ1n) is 5.66. The van der Waals surface area contributed by atoms with Gasteiger partial charge in [0.2, 0.25) is 5.82 Å². The molecule has 2 aromatic rings. The molecule has 0 aliphatic carbocycles. The molecule has 1 atom stereocenters. The van der Waals surface area contributed by atoms with Crippen LogP contribution in [0.15, 0.2) is 24.3 Å². The smallest absolute Gasteiger partial charge is 0.330 e. The molecular formula is C12H11ClN4O3. The second-order valence-electron chi connectivity index (χ2n) is 4.01. The van der Waals surface area contributed by atoms with Gasteiger partial charge in [0.25, 0.3) is 5.91 Å². The van der Waals surface area contributed by atoms with E-state index < -0.39 is 17.9 Å². The molecule has 0 radical (unpaired) electrons. The van der Waals surface area contributed by atoms with E-state index >= 15 is 0 Å². The number of aromatic amines is 1. The quantitative estimate of drug-likeness (QED) is 0.788. The molecule has 1 heterocycles. The Balaban J connectivity index is 2.25. The van der Waals surface area contributed by atoms with E-state index in [1.807, 2.05) is 0 Å². The number of amides is 1. The van der Waals surface area contributed by atoms with Gasteiger partial charge in [-0.1, -0.05) is 29.8 Å². The molecule has 1 aromatic carbocycles. The van der Waals surface area contributed by atoms with Crippen molar-refractivity contribution in [1.29, 1.82) is 0 Å². The maximum Gasteiger partial charge on any atom is 0.330 e. The number of carbonyl (C=O) groups excluding carboxylic acids is 1. The van der Waals surface area contributed by atoms with E-state index in [1.165, 1.54) is 6.07 Å². The number of rotatable bonds is 4. The summed E-state index contributed by atoms with van der Waals surface area (Å²) in [7, 11) is 0. The topological polar surface area (TPSA) is 108 Å². The molecule has 8 heteroatoms. The van der Waals surface area contributed by atoms with Gasteiger partial charge in [-0.3, -0.25) is 9.89 Å². The molecule has 2 rings (SSSR count).